The van der Waals surface area contributed by atoms with Gasteiger partial charge < -0.3 is 20.3 Å². The lowest BCUT2D eigenvalue weighted by Gasteiger charge is -2.15. The van der Waals surface area contributed by atoms with E-state index in [1.165, 1.54) is 50.0 Å². The Morgan fingerprint density at radius 1 is 1.09 bits per heavy atom. The van der Waals surface area contributed by atoms with Crippen molar-refractivity contribution in [3.05, 3.63) is 30.4 Å². The number of H-pyrrole nitrogens is 1. The average Bonchev–Trinajstić information content (AvgIpc) is 3.41. The van der Waals surface area contributed by atoms with Gasteiger partial charge in [0.2, 0.25) is 18.3 Å². The highest BCUT2D eigenvalue weighted by molar-refractivity contribution is 5.67. The molecule has 4 heterocycles. The second-order valence-electron chi connectivity index (χ2n) is 7.10. The van der Waals surface area contributed by atoms with Gasteiger partial charge in [0.25, 0.3) is 0 Å². The number of methoxy groups -OCH3 is 1. The zero-order chi connectivity index (χ0) is 25.5. The molecule has 0 spiro atoms. The number of amides is 1. The maximum absolute atomic E-state index is 9.80. The van der Waals surface area contributed by atoms with Crippen molar-refractivity contribution in [1.82, 2.24) is 35.1 Å². The average molecular weight is 477 g/mol. The van der Waals surface area contributed by atoms with Gasteiger partial charge >= 0.3 is 6.01 Å². The van der Waals surface area contributed by atoms with Crippen LogP contribution < -0.4 is 20.3 Å². The number of anilines is 4. The smallest absolute Gasteiger partial charge is 0.322 e. The van der Waals surface area contributed by atoms with Crippen LogP contribution in [0.15, 0.2) is 24.7 Å². The van der Waals surface area contributed by atoms with Crippen molar-refractivity contribution in [3.63, 3.8) is 0 Å². The molecular formula is C23H28N10O2. The second-order valence-corrected chi connectivity index (χ2v) is 7.10. The van der Waals surface area contributed by atoms with E-state index in [0.717, 1.165) is 18.9 Å². The molecule has 1 aliphatic carbocycles. The van der Waals surface area contributed by atoms with E-state index in [0.29, 0.717) is 36.1 Å². The molecule has 1 saturated heterocycles. The minimum absolute atomic E-state index is 0.317. The van der Waals surface area contributed by atoms with Gasteiger partial charge in [-0.3, -0.25) is 14.9 Å². The number of hydrogen-bond donors (Lipinski definition) is 3. The molecule has 12 heteroatoms. The van der Waals surface area contributed by atoms with Crippen LogP contribution in [0.3, 0.4) is 0 Å². The molecule has 2 fully saturated rings. The van der Waals surface area contributed by atoms with E-state index < -0.39 is 0 Å². The summed E-state index contributed by atoms with van der Waals surface area (Å²) in [5.74, 6) is 2.94. The Labute approximate surface area is 204 Å². The molecule has 0 radical (unpaired) electrons. The van der Waals surface area contributed by atoms with Gasteiger partial charge in [0.15, 0.2) is 11.6 Å². The number of carbonyl (C=O) groups excluding carboxylic acids is 1. The molecular weight excluding hydrogens is 448 g/mol. The minimum Gasteiger partial charge on any atom is -0.467 e. The summed E-state index contributed by atoms with van der Waals surface area (Å²) in [6.45, 7) is 1.95. The van der Waals surface area contributed by atoms with E-state index in [9.17, 15) is 4.79 Å². The molecule has 0 bridgehead atoms. The SMILES string of the molecule is C#C.C#C.COc1nc(Nc2cc(C3CC3)[nH]n2)nc(N2CCCC2)n1.O=CNc1cnccn1. The number of terminal acetylenes is 2. The minimum atomic E-state index is 0.317. The zero-order valence-corrected chi connectivity index (χ0v) is 19.5. The highest BCUT2D eigenvalue weighted by Gasteiger charge is 2.25. The second kappa shape index (κ2) is 14.4. The number of aromatic amines is 1. The summed E-state index contributed by atoms with van der Waals surface area (Å²) in [5, 5.41) is 12.8. The van der Waals surface area contributed by atoms with Gasteiger partial charge in [-0.25, -0.2) is 4.98 Å². The van der Waals surface area contributed by atoms with Crippen molar-refractivity contribution >= 4 is 29.9 Å². The third-order valence-corrected chi connectivity index (χ3v) is 4.80. The summed E-state index contributed by atoms with van der Waals surface area (Å²) in [6.07, 6.45) is 25.9. The first-order valence-electron chi connectivity index (χ1n) is 10.8. The van der Waals surface area contributed by atoms with Crippen LogP contribution in [0.5, 0.6) is 6.01 Å². The van der Waals surface area contributed by atoms with Crippen LogP contribution in [0.1, 0.15) is 37.3 Å². The number of carbonyl (C=O) groups is 1. The first-order valence-corrected chi connectivity index (χ1v) is 10.8. The number of hydrogen-bond acceptors (Lipinski definition) is 10. The molecule has 35 heavy (non-hydrogen) atoms. The summed E-state index contributed by atoms with van der Waals surface area (Å²) < 4.78 is 5.19. The van der Waals surface area contributed by atoms with Crippen molar-refractivity contribution in [2.75, 3.05) is 35.7 Å². The van der Waals surface area contributed by atoms with Gasteiger partial charge in [-0.15, -0.1) is 25.7 Å². The summed E-state index contributed by atoms with van der Waals surface area (Å²) in [5.41, 5.74) is 1.17. The fourth-order valence-corrected chi connectivity index (χ4v) is 3.10. The van der Waals surface area contributed by atoms with E-state index >= 15 is 0 Å². The number of ether oxygens (including phenoxy) is 1. The number of nitrogens with zero attached hydrogens (tertiary/aromatic N) is 7. The van der Waals surface area contributed by atoms with Gasteiger partial charge in [0, 0.05) is 43.2 Å². The molecule has 0 aromatic carbocycles. The first-order chi connectivity index (χ1) is 17.2. The largest absolute Gasteiger partial charge is 0.467 e. The summed E-state index contributed by atoms with van der Waals surface area (Å²) in [7, 11) is 1.56. The van der Waals surface area contributed by atoms with E-state index in [1.54, 1.807) is 7.11 Å². The van der Waals surface area contributed by atoms with E-state index in [1.807, 2.05) is 6.07 Å². The lowest BCUT2D eigenvalue weighted by Crippen LogP contribution is -2.21. The van der Waals surface area contributed by atoms with Crippen LogP contribution >= 0.6 is 0 Å². The molecule has 3 aromatic heterocycles. The predicted molar refractivity (Wildman–Crippen MR) is 133 cm³/mol. The van der Waals surface area contributed by atoms with E-state index in [4.69, 9.17) is 4.74 Å². The maximum atomic E-state index is 9.80. The molecule has 2 aliphatic rings. The summed E-state index contributed by atoms with van der Waals surface area (Å²) in [6, 6.07) is 2.33. The Bertz CT molecular complexity index is 1070. The summed E-state index contributed by atoms with van der Waals surface area (Å²) in [4.78, 5) is 32.5. The first kappa shape index (κ1) is 26.5. The van der Waals surface area contributed by atoms with Crippen molar-refractivity contribution in [1.29, 1.82) is 0 Å². The van der Waals surface area contributed by atoms with Gasteiger partial charge in [-0.05, 0) is 25.7 Å². The van der Waals surface area contributed by atoms with Gasteiger partial charge in [0.1, 0.15) is 0 Å². The van der Waals surface area contributed by atoms with E-state index in [2.05, 4.69) is 76.3 Å². The van der Waals surface area contributed by atoms with Crippen LogP contribution in [0.4, 0.5) is 23.5 Å². The van der Waals surface area contributed by atoms with Crippen molar-refractivity contribution < 1.29 is 9.53 Å². The Morgan fingerprint density at radius 2 is 1.83 bits per heavy atom. The third-order valence-electron chi connectivity index (χ3n) is 4.80. The standard InChI is InChI=1S/C14H19N7O.C5H5N3O.2C2H2/c1-22-14-17-12(16-13(18-14)21-6-2-3-7-21)15-11-8-10(19-20-11)9-4-5-9;9-4-8-5-3-6-1-2-7-5;2*1-2/h8-9H,2-7H2,1H3,(H2,15,16,17,18,19,20);1-4H,(H,7,8,9);2*1-2H. The molecule has 1 aliphatic heterocycles. The predicted octanol–water partition coefficient (Wildman–Crippen LogP) is 2.37. The lowest BCUT2D eigenvalue weighted by atomic mass is 10.3. The fraction of sp³-hybridized carbons (Fsp3) is 0.348. The normalized spacial score (nSPS) is 13.5. The van der Waals surface area contributed by atoms with Crippen molar-refractivity contribution in [2.24, 2.45) is 0 Å². The highest BCUT2D eigenvalue weighted by atomic mass is 16.5. The maximum Gasteiger partial charge on any atom is 0.322 e. The molecule has 12 nitrogen and oxygen atoms in total. The molecule has 5 rings (SSSR count). The molecule has 3 aromatic rings. The Kier molecular flexibility index (Phi) is 11.0. The Hall–Kier alpha value is -4.71. The Balaban J connectivity index is 0.000000280. The van der Waals surface area contributed by atoms with Gasteiger partial charge in [0.05, 0.1) is 13.3 Å². The Morgan fingerprint density at radius 3 is 2.43 bits per heavy atom. The van der Waals surface area contributed by atoms with Crippen LogP contribution in [-0.2, 0) is 4.79 Å². The molecule has 3 N–H and O–H groups in total. The lowest BCUT2D eigenvalue weighted by molar-refractivity contribution is -0.105. The third kappa shape index (κ3) is 8.29. The van der Waals surface area contributed by atoms with Crippen LogP contribution in [0.25, 0.3) is 0 Å². The molecule has 1 amide bonds. The zero-order valence-electron chi connectivity index (χ0n) is 19.5. The monoisotopic (exact) mass is 476 g/mol. The van der Waals surface area contributed by atoms with Crippen LogP contribution in [0.2, 0.25) is 0 Å². The van der Waals surface area contributed by atoms with Crippen molar-refractivity contribution in [3.8, 4) is 31.7 Å². The molecule has 182 valence electrons. The van der Waals surface area contributed by atoms with Crippen molar-refractivity contribution in [2.45, 2.75) is 31.6 Å². The molecule has 0 atom stereocenters. The number of nitrogens with one attached hydrogen (secondary N) is 3. The highest BCUT2D eigenvalue weighted by Crippen LogP contribution is 2.39. The molecule has 1 saturated carbocycles. The topological polar surface area (TPSA) is 147 Å². The molecule has 0 unspecified atom stereocenters. The number of rotatable bonds is 7. The van der Waals surface area contributed by atoms with Gasteiger partial charge in [-0.2, -0.15) is 20.1 Å². The fourth-order valence-electron chi connectivity index (χ4n) is 3.10. The summed E-state index contributed by atoms with van der Waals surface area (Å²) >= 11 is 0. The quantitative estimate of drug-likeness (QED) is 0.343. The van der Waals surface area contributed by atoms with E-state index in [-0.39, 0.29) is 0 Å². The van der Waals surface area contributed by atoms with Crippen LogP contribution in [0, 0.1) is 25.7 Å². The number of aromatic nitrogens is 7. The van der Waals surface area contributed by atoms with Crippen LogP contribution in [-0.4, -0.2) is 61.7 Å². The van der Waals surface area contributed by atoms with Gasteiger partial charge in [-0.1, -0.05) is 0 Å².